The van der Waals surface area contributed by atoms with E-state index in [4.69, 9.17) is 5.73 Å². The predicted molar refractivity (Wildman–Crippen MR) is 125 cm³/mol. The number of nitrogens with two attached hydrogens (primary N) is 1. The Labute approximate surface area is 191 Å². The first-order valence-electron chi connectivity index (χ1n) is 11.4. The molecule has 5 rings (SSSR count). The summed E-state index contributed by atoms with van der Waals surface area (Å²) in [7, 11) is 0. The van der Waals surface area contributed by atoms with E-state index in [-0.39, 0.29) is 17.6 Å². The number of carbonyl (C=O) groups excluding carboxylic acids is 1. The zero-order valence-electron chi connectivity index (χ0n) is 18.3. The van der Waals surface area contributed by atoms with Gasteiger partial charge in [0.15, 0.2) is 0 Å². The van der Waals surface area contributed by atoms with Gasteiger partial charge in [-0.3, -0.25) is 4.79 Å². The first-order valence-corrected chi connectivity index (χ1v) is 11.4. The fraction of sp³-hybridized carbons (Fsp3) is 0.308. The van der Waals surface area contributed by atoms with Crippen LogP contribution in [-0.2, 0) is 6.54 Å². The molecular formula is C26H27FN4O2. The molecule has 1 aliphatic heterocycles. The van der Waals surface area contributed by atoms with Gasteiger partial charge in [0, 0.05) is 18.1 Å². The molecule has 1 saturated carbocycles. The molecule has 1 amide bonds. The van der Waals surface area contributed by atoms with Crippen molar-refractivity contribution in [2.24, 2.45) is 11.7 Å². The molecule has 2 aromatic carbocycles. The largest absolute Gasteiger partial charge is 0.388 e. The summed E-state index contributed by atoms with van der Waals surface area (Å²) in [6.45, 7) is 1.23. The molecule has 1 aliphatic carbocycles. The number of hydrazine groups is 1. The molecule has 3 aromatic rings. The van der Waals surface area contributed by atoms with Crippen LogP contribution in [0.4, 0.5) is 4.39 Å². The van der Waals surface area contributed by atoms with E-state index in [1.807, 2.05) is 29.4 Å². The molecule has 33 heavy (non-hydrogen) atoms. The summed E-state index contributed by atoms with van der Waals surface area (Å²) < 4.78 is 13.4. The maximum Gasteiger partial charge on any atom is 0.267 e. The van der Waals surface area contributed by atoms with Crippen molar-refractivity contribution in [1.82, 2.24) is 15.4 Å². The topological polar surface area (TPSA) is 91.5 Å². The Bertz CT molecular complexity index is 1220. The number of fused-ring (bicyclic) bond motifs is 1. The molecule has 2 aliphatic rings. The van der Waals surface area contributed by atoms with Gasteiger partial charge in [0.05, 0.1) is 18.2 Å². The zero-order chi connectivity index (χ0) is 22.9. The van der Waals surface area contributed by atoms with Crippen LogP contribution in [-0.4, -0.2) is 33.7 Å². The number of nitrogens with zero attached hydrogens (tertiary/aromatic N) is 2. The molecule has 0 bridgehead atoms. The summed E-state index contributed by atoms with van der Waals surface area (Å²) >= 11 is 0. The fourth-order valence-corrected chi connectivity index (χ4v) is 4.91. The van der Waals surface area contributed by atoms with E-state index in [0.29, 0.717) is 24.5 Å². The first-order chi connectivity index (χ1) is 16.0. The SMILES string of the molecule is NC(=O)c1cc(-c2ccc(F)cc2)c2ccc(CN3C=C(C(O)C4CCCC4)CN3)cc2n1. The van der Waals surface area contributed by atoms with Gasteiger partial charge in [0.2, 0.25) is 0 Å². The van der Waals surface area contributed by atoms with Crippen LogP contribution in [0.5, 0.6) is 0 Å². The van der Waals surface area contributed by atoms with E-state index in [0.717, 1.165) is 40.5 Å². The number of halogens is 1. The molecule has 6 nitrogen and oxygen atoms in total. The van der Waals surface area contributed by atoms with Crippen LogP contribution >= 0.6 is 0 Å². The molecular weight excluding hydrogens is 419 g/mol. The highest BCUT2D eigenvalue weighted by molar-refractivity contribution is 6.00. The highest BCUT2D eigenvalue weighted by Crippen LogP contribution is 2.32. The van der Waals surface area contributed by atoms with E-state index < -0.39 is 5.91 Å². The molecule has 1 atom stereocenters. The molecule has 0 spiro atoms. The maximum atomic E-state index is 13.4. The Morgan fingerprint density at radius 2 is 1.94 bits per heavy atom. The van der Waals surface area contributed by atoms with Gasteiger partial charge in [-0.1, -0.05) is 37.1 Å². The van der Waals surface area contributed by atoms with Gasteiger partial charge >= 0.3 is 0 Å². The molecule has 7 heteroatoms. The third-order valence-corrected chi connectivity index (χ3v) is 6.67. The Morgan fingerprint density at radius 1 is 1.18 bits per heavy atom. The van der Waals surface area contributed by atoms with Crippen molar-refractivity contribution >= 4 is 16.8 Å². The minimum atomic E-state index is -0.611. The van der Waals surface area contributed by atoms with E-state index in [1.165, 1.54) is 25.0 Å². The van der Waals surface area contributed by atoms with Gasteiger partial charge in [-0.05, 0) is 65.3 Å². The molecule has 4 N–H and O–H groups in total. The number of carbonyl (C=O) groups is 1. The Hall–Kier alpha value is -3.29. The van der Waals surface area contributed by atoms with Gasteiger partial charge in [-0.25, -0.2) is 14.8 Å². The number of pyridine rings is 1. The van der Waals surface area contributed by atoms with Crippen molar-refractivity contribution in [2.45, 2.75) is 38.3 Å². The van der Waals surface area contributed by atoms with Gasteiger partial charge in [-0.15, -0.1) is 0 Å². The van der Waals surface area contributed by atoms with Crippen molar-refractivity contribution < 1.29 is 14.3 Å². The average Bonchev–Trinajstić information content (AvgIpc) is 3.51. The van der Waals surface area contributed by atoms with E-state index >= 15 is 0 Å². The Kier molecular flexibility index (Phi) is 5.83. The Balaban J connectivity index is 1.43. The summed E-state index contributed by atoms with van der Waals surface area (Å²) in [6, 6.07) is 13.7. The highest BCUT2D eigenvalue weighted by Gasteiger charge is 2.28. The number of aliphatic hydroxyl groups excluding tert-OH is 1. The molecule has 170 valence electrons. The number of amides is 1. The molecule has 1 aromatic heterocycles. The molecule has 0 saturated heterocycles. The van der Waals surface area contributed by atoms with Crippen molar-refractivity contribution in [3.05, 3.63) is 77.4 Å². The standard InChI is InChI=1S/C26H27FN4O2/c27-20-8-6-17(7-9-20)22-12-24(26(28)33)30-23-11-16(5-10-21(22)23)14-31-15-19(13-29-31)25(32)18-3-1-2-4-18/h5-12,15,18,25,29,32H,1-4,13-14H2,(H2,28,33). The molecule has 0 radical (unpaired) electrons. The average molecular weight is 447 g/mol. The van der Waals surface area contributed by atoms with Crippen LogP contribution in [0, 0.1) is 11.7 Å². The summed E-state index contributed by atoms with van der Waals surface area (Å²) in [4.78, 5) is 16.4. The third kappa shape index (κ3) is 4.47. The van der Waals surface area contributed by atoms with Gasteiger partial charge in [0.25, 0.3) is 5.91 Å². The van der Waals surface area contributed by atoms with Crippen LogP contribution < -0.4 is 11.2 Å². The van der Waals surface area contributed by atoms with Crippen LogP contribution in [0.2, 0.25) is 0 Å². The van der Waals surface area contributed by atoms with Crippen molar-refractivity contribution in [2.75, 3.05) is 6.54 Å². The lowest BCUT2D eigenvalue weighted by Crippen LogP contribution is -2.29. The number of benzene rings is 2. The Morgan fingerprint density at radius 3 is 2.67 bits per heavy atom. The van der Waals surface area contributed by atoms with E-state index in [2.05, 4.69) is 10.4 Å². The lowest BCUT2D eigenvalue weighted by molar-refractivity contribution is 0.0996. The summed E-state index contributed by atoms with van der Waals surface area (Å²) in [5.74, 6) is -0.571. The second-order valence-electron chi connectivity index (χ2n) is 8.93. The highest BCUT2D eigenvalue weighted by atomic mass is 19.1. The summed E-state index contributed by atoms with van der Waals surface area (Å²) in [6.07, 6.45) is 6.19. The molecule has 1 fully saturated rings. The monoisotopic (exact) mass is 446 g/mol. The number of rotatable bonds is 6. The normalized spacial score (nSPS) is 17.5. The van der Waals surface area contributed by atoms with Gasteiger partial charge in [0.1, 0.15) is 11.5 Å². The minimum Gasteiger partial charge on any atom is -0.388 e. The van der Waals surface area contributed by atoms with Gasteiger partial charge < -0.3 is 15.8 Å². The first kappa shape index (κ1) is 21.6. The fourth-order valence-electron chi connectivity index (χ4n) is 4.91. The maximum absolute atomic E-state index is 13.4. The van der Waals surface area contributed by atoms with Gasteiger partial charge in [-0.2, -0.15) is 0 Å². The predicted octanol–water partition coefficient (Wildman–Crippen LogP) is 3.90. The number of hydrogen-bond acceptors (Lipinski definition) is 5. The minimum absolute atomic E-state index is 0.167. The summed E-state index contributed by atoms with van der Waals surface area (Å²) in [5, 5.41) is 13.5. The second-order valence-corrected chi connectivity index (χ2v) is 8.93. The molecule has 1 unspecified atom stereocenters. The summed E-state index contributed by atoms with van der Waals surface area (Å²) in [5.41, 5.74) is 13.3. The smallest absolute Gasteiger partial charge is 0.267 e. The van der Waals surface area contributed by atoms with E-state index in [1.54, 1.807) is 18.2 Å². The quantitative estimate of drug-likeness (QED) is 0.534. The van der Waals surface area contributed by atoms with Crippen molar-refractivity contribution in [3.8, 4) is 11.1 Å². The van der Waals surface area contributed by atoms with Crippen LogP contribution in [0.3, 0.4) is 0 Å². The number of nitrogens with one attached hydrogen (secondary N) is 1. The third-order valence-electron chi connectivity index (χ3n) is 6.67. The van der Waals surface area contributed by atoms with Crippen LogP contribution in [0.25, 0.3) is 22.0 Å². The second kappa shape index (κ2) is 8.92. The number of aliphatic hydroxyl groups is 1. The van der Waals surface area contributed by atoms with Crippen molar-refractivity contribution in [3.63, 3.8) is 0 Å². The van der Waals surface area contributed by atoms with E-state index in [9.17, 15) is 14.3 Å². The van der Waals surface area contributed by atoms with Crippen LogP contribution in [0.15, 0.2) is 60.3 Å². The number of hydrogen-bond donors (Lipinski definition) is 3. The lowest BCUT2D eigenvalue weighted by Gasteiger charge is -2.17. The van der Waals surface area contributed by atoms with Crippen LogP contribution in [0.1, 0.15) is 41.7 Å². The number of primary amides is 1. The molecule has 2 heterocycles. The lowest BCUT2D eigenvalue weighted by atomic mass is 9.95. The number of aromatic nitrogens is 1. The zero-order valence-corrected chi connectivity index (χ0v) is 18.3. The van der Waals surface area contributed by atoms with Crippen molar-refractivity contribution in [1.29, 1.82) is 0 Å².